The summed E-state index contributed by atoms with van der Waals surface area (Å²) in [6.07, 6.45) is 2.68. The first kappa shape index (κ1) is 19.8. The number of ether oxygens (including phenoxy) is 1. The molecule has 0 unspecified atom stereocenters. The molecule has 0 aliphatic heterocycles. The molecule has 3 rings (SSSR count). The van der Waals surface area contributed by atoms with Crippen molar-refractivity contribution in [2.24, 2.45) is 5.16 Å². The number of hydrogen-bond donors (Lipinski definition) is 0. The number of carbonyl (C=O) groups is 1. The summed E-state index contributed by atoms with van der Waals surface area (Å²) >= 11 is 1.57. The van der Waals surface area contributed by atoms with Crippen LogP contribution in [-0.2, 0) is 11.3 Å². The standard InChI is InChI=1S/C23H23NO3S/c1-2-3-15-26-20-13-11-19(12-14-20)23(25)27-24-21(22-10-7-16-28-22)17-18-8-5-4-6-9-18/h4-14,16H,2-3,15,17H2,1H3/b24-21-. The quantitative estimate of drug-likeness (QED) is 0.202. The van der Waals surface area contributed by atoms with E-state index in [1.165, 1.54) is 0 Å². The summed E-state index contributed by atoms with van der Waals surface area (Å²) in [5, 5.41) is 6.15. The first-order valence-electron chi connectivity index (χ1n) is 9.35. The molecule has 1 aromatic heterocycles. The summed E-state index contributed by atoms with van der Waals surface area (Å²) in [4.78, 5) is 18.6. The predicted octanol–water partition coefficient (Wildman–Crippen LogP) is 5.73. The molecule has 0 aliphatic rings. The van der Waals surface area contributed by atoms with E-state index in [-0.39, 0.29) is 0 Å². The Morgan fingerprint density at radius 2 is 1.79 bits per heavy atom. The minimum Gasteiger partial charge on any atom is -0.494 e. The molecule has 28 heavy (non-hydrogen) atoms. The molecule has 0 amide bonds. The highest BCUT2D eigenvalue weighted by atomic mass is 32.1. The number of nitrogens with zero attached hydrogens (tertiary/aromatic N) is 1. The number of carbonyl (C=O) groups excluding carboxylic acids is 1. The van der Waals surface area contributed by atoms with Gasteiger partial charge in [-0.1, -0.05) is 54.9 Å². The zero-order chi connectivity index (χ0) is 19.6. The van der Waals surface area contributed by atoms with E-state index in [4.69, 9.17) is 9.57 Å². The molecule has 0 saturated carbocycles. The van der Waals surface area contributed by atoms with Crippen LogP contribution in [0.25, 0.3) is 0 Å². The fraction of sp³-hybridized carbons (Fsp3) is 0.217. The number of benzene rings is 2. The van der Waals surface area contributed by atoms with Crippen molar-refractivity contribution < 1.29 is 14.4 Å². The monoisotopic (exact) mass is 393 g/mol. The Kier molecular flexibility index (Phi) is 7.38. The van der Waals surface area contributed by atoms with Crippen LogP contribution in [0.1, 0.15) is 40.6 Å². The Labute approximate surface area is 169 Å². The third kappa shape index (κ3) is 5.79. The molecule has 2 aromatic carbocycles. The summed E-state index contributed by atoms with van der Waals surface area (Å²) in [5.74, 6) is 0.263. The van der Waals surface area contributed by atoms with E-state index in [0.717, 1.165) is 34.7 Å². The topological polar surface area (TPSA) is 47.9 Å². The Morgan fingerprint density at radius 1 is 1.00 bits per heavy atom. The Hall–Kier alpha value is -2.92. The van der Waals surface area contributed by atoms with Crippen LogP contribution in [0.4, 0.5) is 0 Å². The van der Waals surface area contributed by atoms with Gasteiger partial charge in [0.15, 0.2) is 0 Å². The lowest BCUT2D eigenvalue weighted by Crippen LogP contribution is -2.08. The fourth-order valence-corrected chi connectivity index (χ4v) is 3.27. The maximum Gasteiger partial charge on any atom is 0.365 e. The van der Waals surface area contributed by atoms with Crippen LogP contribution in [0.5, 0.6) is 5.75 Å². The molecule has 0 fully saturated rings. The predicted molar refractivity (Wildman–Crippen MR) is 113 cm³/mol. The second kappa shape index (κ2) is 10.4. The molecule has 0 bridgehead atoms. The van der Waals surface area contributed by atoms with Gasteiger partial charge in [0.2, 0.25) is 0 Å². The third-order valence-electron chi connectivity index (χ3n) is 4.12. The summed E-state index contributed by atoms with van der Waals surface area (Å²) in [7, 11) is 0. The van der Waals surface area contributed by atoms with Crippen molar-refractivity contribution in [3.05, 3.63) is 88.1 Å². The maximum absolute atomic E-state index is 12.4. The van der Waals surface area contributed by atoms with Crippen molar-refractivity contribution in [3.8, 4) is 5.75 Å². The van der Waals surface area contributed by atoms with Crippen LogP contribution < -0.4 is 4.74 Å². The molecular formula is C23H23NO3S. The van der Waals surface area contributed by atoms with E-state index in [2.05, 4.69) is 12.1 Å². The summed E-state index contributed by atoms with van der Waals surface area (Å²) in [5.41, 5.74) is 2.28. The molecule has 1 heterocycles. The summed E-state index contributed by atoms with van der Waals surface area (Å²) in [6, 6.07) is 20.9. The number of hydrogen-bond acceptors (Lipinski definition) is 5. The van der Waals surface area contributed by atoms with Crippen molar-refractivity contribution in [1.82, 2.24) is 0 Å². The highest BCUT2D eigenvalue weighted by Crippen LogP contribution is 2.16. The molecule has 3 aromatic rings. The molecule has 4 nitrogen and oxygen atoms in total. The van der Waals surface area contributed by atoms with Gasteiger partial charge in [-0.2, -0.15) is 0 Å². The van der Waals surface area contributed by atoms with E-state index in [1.54, 1.807) is 35.6 Å². The lowest BCUT2D eigenvalue weighted by molar-refractivity contribution is 0.0516. The van der Waals surface area contributed by atoms with Gasteiger partial charge < -0.3 is 9.57 Å². The van der Waals surface area contributed by atoms with Gasteiger partial charge in [-0.15, -0.1) is 11.3 Å². The normalized spacial score (nSPS) is 11.2. The zero-order valence-corrected chi connectivity index (χ0v) is 16.7. The first-order valence-corrected chi connectivity index (χ1v) is 10.2. The maximum atomic E-state index is 12.4. The van der Waals surface area contributed by atoms with Gasteiger partial charge in [-0.3, -0.25) is 0 Å². The van der Waals surface area contributed by atoms with Gasteiger partial charge in [0.05, 0.1) is 17.0 Å². The third-order valence-corrected chi connectivity index (χ3v) is 5.03. The number of thiophene rings is 1. The number of oxime groups is 1. The van der Waals surface area contributed by atoms with Crippen LogP contribution in [0.3, 0.4) is 0 Å². The van der Waals surface area contributed by atoms with E-state index < -0.39 is 5.97 Å². The first-order chi connectivity index (χ1) is 13.8. The molecule has 0 radical (unpaired) electrons. The smallest absolute Gasteiger partial charge is 0.365 e. The van der Waals surface area contributed by atoms with Gasteiger partial charge in [-0.05, 0) is 47.7 Å². The van der Waals surface area contributed by atoms with Gasteiger partial charge in [0.25, 0.3) is 0 Å². The summed E-state index contributed by atoms with van der Waals surface area (Å²) in [6.45, 7) is 2.79. The van der Waals surface area contributed by atoms with Crippen LogP contribution in [0.2, 0.25) is 0 Å². The number of rotatable bonds is 9. The van der Waals surface area contributed by atoms with E-state index in [0.29, 0.717) is 18.6 Å². The van der Waals surface area contributed by atoms with Crippen molar-refractivity contribution in [3.63, 3.8) is 0 Å². The van der Waals surface area contributed by atoms with E-state index in [9.17, 15) is 4.79 Å². The molecule has 0 spiro atoms. The Morgan fingerprint density at radius 3 is 2.46 bits per heavy atom. The van der Waals surface area contributed by atoms with Crippen LogP contribution in [0.15, 0.2) is 77.3 Å². The van der Waals surface area contributed by atoms with Crippen LogP contribution >= 0.6 is 11.3 Å². The zero-order valence-electron chi connectivity index (χ0n) is 15.8. The Balaban J connectivity index is 1.67. The largest absolute Gasteiger partial charge is 0.494 e. The highest BCUT2D eigenvalue weighted by Gasteiger charge is 2.11. The van der Waals surface area contributed by atoms with Crippen LogP contribution in [-0.4, -0.2) is 18.3 Å². The second-order valence-electron chi connectivity index (χ2n) is 6.28. The number of unbranched alkanes of at least 4 members (excludes halogenated alkanes) is 1. The second-order valence-corrected chi connectivity index (χ2v) is 7.23. The van der Waals surface area contributed by atoms with E-state index >= 15 is 0 Å². The molecule has 0 atom stereocenters. The molecule has 0 saturated heterocycles. The summed E-state index contributed by atoms with van der Waals surface area (Å²) < 4.78 is 5.62. The van der Waals surface area contributed by atoms with E-state index in [1.807, 2.05) is 47.8 Å². The van der Waals surface area contributed by atoms with Crippen molar-refractivity contribution in [1.29, 1.82) is 0 Å². The van der Waals surface area contributed by atoms with Gasteiger partial charge in [0, 0.05) is 6.42 Å². The average Bonchev–Trinajstić information content (AvgIpc) is 3.27. The lowest BCUT2D eigenvalue weighted by Gasteiger charge is -2.06. The molecule has 5 heteroatoms. The fourth-order valence-electron chi connectivity index (χ4n) is 2.57. The SMILES string of the molecule is CCCCOc1ccc(C(=O)O/N=C(/Cc2ccccc2)c2cccs2)cc1. The molecule has 0 aliphatic carbocycles. The Bertz CT molecular complexity index is 887. The minimum atomic E-state index is -0.484. The van der Waals surface area contributed by atoms with Crippen LogP contribution in [0, 0.1) is 0 Å². The van der Waals surface area contributed by atoms with Crippen molar-refractivity contribution in [2.75, 3.05) is 6.61 Å². The lowest BCUT2D eigenvalue weighted by atomic mass is 10.1. The highest BCUT2D eigenvalue weighted by molar-refractivity contribution is 7.12. The minimum absolute atomic E-state index is 0.442. The van der Waals surface area contributed by atoms with Gasteiger partial charge >= 0.3 is 5.97 Å². The molecular weight excluding hydrogens is 370 g/mol. The van der Waals surface area contributed by atoms with Crippen molar-refractivity contribution in [2.45, 2.75) is 26.2 Å². The molecule has 144 valence electrons. The van der Waals surface area contributed by atoms with Crippen molar-refractivity contribution >= 4 is 23.0 Å². The molecule has 0 N–H and O–H groups in total. The van der Waals surface area contributed by atoms with Gasteiger partial charge in [0.1, 0.15) is 11.5 Å². The van der Waals surface area contributed by atoms with Gasteiger partial charge in [-0.25, -0.2) is 4.79 Å². The average molecular weight is 394 g/mol.